The van der Waals surface area contributed by atoms with Crippen molar-refractivity contribution in [3.05, 3.63) is 188 Å². The third-order valence-corrected chi connectivity index (χ3v) is 10.9. The van der Waals surface area contributed by atoms with Crippen molar-refractivity contribution in [3.63, 3.8) is 0 Å². The van der Waals surface area contributed by atoms with Gasteiger partial charge in [-0.15, -0.1) is 0 Å². The van der Waals surface area contributed by atoms with E-state index in [1.165, 1.54) is 97.9 Å². The Morgan fingerprint density at radius 1 is 0.294 bits per heavy atom. The van der Waals surface area contributed by atoms with Gasteiger partial charge >= 0.3 is 0 Å². The fourth-order valence-corrected chi connectivity index (χ4v) is 8.78. The maximum absolute atomic E-state index is 2.51. The summed E-state index contributed by atoms with van der Waals surface area (Å²) in [5, 5.41) is 17.7. The van der Waals surface area contributed by atoms with Gasteiger partial charge in [0.15, 0.2) is 0 Å². The molecular formula is C50H31N. The summed E-state index contributed by atoms with van der Waals surface area (Å²) in [6.45, 7) is 0. The van der Waals surface area contributed by atoms with Gasteiger partial charge in [0, 0.05) is 21.8 Å². The molecule has 11 aromatic rings. The molecule has 0 fully saturated rings. The van der Waals surface area contributed by atoms with Crippen LogP contribution < -0.4 is 4.90 Å². The van der Waals surface area contributed by atoms with Crippen molar-refractivity contribution >= 4 is 92.5 Å². The lowest BCUT2D eigenvalue weighted by molar-refractivity contribution is 1.33. The largest absolute Gasteiger partial charge is 0.309 e. The standard InChI is InChI=1S/C50H31N/c1-2-16-36(17-3-1)51(46-31-35-13-4-5-18-37(35)38-19-6-7-20-39(38)46)50-44-23-10-8-21-40(44)49(41-22-9-11-24-45(41)50)43-30-28-34-26-25-32-14-12-15-33-27-29-42(43)48(34)47(32)33/h1-31H. The van der Waals surface area contributed by atoms with Crippen LogP contribution in [0.15, 0.2) is 188 Å². The summed E-state index contributed by atoms with van der Waals surface area (Å²) in [5.74, 6) is 0. The van der Waals surface area contributed by atoms with E-state index in [9.17, 15) is 0 Å². The molecule has 11 rings (SSSR count). The Balaban J connectivity index is 1.29. The quantitative estimate of drug-likeness (QED) is 0.136. The fourth-order valence-electron chi connectivity index (χ4n) is 8.78. The zero-order chi connectivity index (χ0) is 33.5. The van der Waals surface area contributed by atoms with Crippen molar-refractivity contribution in [1.29, 1.82) is 0 Å². The van der Waals surface area contributed by atoms with Gasteiger partial charge in [-0.25, -0.2) is 0 Å². The first kappa shape index (κ1) is 28.2. The number of rotatable bonds is 4. The number of nitrogens with zero attached hydrogens (tertiary/aromatic N) is 1. The highest BCUT2D eigenvalue weighted by Crippen LogP contribution is 2.51. The first-order chi connectivity index (χ1) is 25.3. The van der Waals surface area contributed by atoms with Gasteiger partial charge in [-0.2, -0.15) is 0 Å². The summed E-state index contributed by atoms with van der Waals surface area (Å²) in [7, 11) is 0. The van der Waals surface area contributed by atoms with Gasteiger partial charge in [0.05, 0.1) is 11.4 Å². The summed E-state index contributed by atoms with van der Waals surface area (Å²) >= 11 is 0. The smallest absolute Gasteiger partial charge is 0.0619 e. The minimum Gasteiger partial charge on any atom is -0.309 e. The topological polar surface area (TPSA) is 3.24 Å². The third kappa shape index (κ3) is 4.09. The molecule has 0 atom stereocenters. The fraction of sp³-hybridized carbons (Fsp3) is 0. The lowest BCUT2D eigenvalue weighted by Crippen LogP contribution is -2.12. The van der Waals surface area contributed by atoms with Gasteiger partial charge in [-0.1, -0.05) is 170 Å². The molecule has 1 heteroatoms. The van der Waals surface area contributed by atoms with Gasteiger partial charge in [0.25, 0.3) is 0 Å². The monoisotopic (exact) mass is 645 g/mol. The zero-order valence-corrected chi connectivity index (χ0v) is 27.8. The molecule has 0 spiro atoms. The second-order valence-corrected chi connectivity index (χ2v) is 13.6. The lowest BCUT2D eigenvalue weighted by Gasteiger charge is -2.31. The Hall–Kier alpha value is -6.70. The molecule has 0 aliphatic heterocycles. The van der Waals surface area contributed by atoms with E-state index in [2.05, 4.69) is 193 Å². The Morgan fingerprint density at radius 3 is 1.51 bits per heavy atom. The summed E-state index contributed by atoms with van der Waals surface area (Å²) in [6, 6.07) is 69.4. The van der Waals surface area contributed by atoms with E-state index < -0.39 is 0 Å². The van der Waals surface area contributed by atoms with Crippen LogP contribution in [0.25, 0.3) is 86.5 Å². The molecule has 0 saturated heterocycles. The van der Waals surface area contributed by atoms with E-state index in [1.807, 2.05) is 0 Å². The first-order valence-electron chi connectivity index (χ1n) is 17.7. The molecule has 0 heterocycles. The molecule has 51 heavy (non-hydrogen) atoms. The van der Waals surface area contributed by atoms with Gasteiger partial charge < -0.3 is 4.90 Å². The van der Waals surface area contributed by atoms with Crippen LogP contribution in [0.3, 0.4) is 0 Å². The number of benzene rings is 11. The summed E-state index contributed by atoms with van der Waals surface area (Å²) < 4.78 is 0. The molecule has 0 radical (unpaired) electrons. The minimum absolute atomic E-state index is 1.13. The summed E-state index contributed by atoms with van der Waals surface area (Å²) in [4.78, 5) is 2.51. The molecule has 0 N–H and O–H groups in total. The predicted octanol–water partition coefficient (Wildman–Crippen LogP) is 14.3. The molecule has 0 amide bonds. The molecule has 0 aliphatic rings. The van der Waals surface area contributed by atoms with Crippen LogP contribution in [0.5, 0.6) is 0 Å². The van der Waals surface area contributed by atoms with Gasteiger partial charge in [-0.05, 0) is 88.6 Å². The van der Waals surface area contributed by atoms with Crippen LogP contribution in [0, 0.1) is 0 Å². The second kappa shape index (κ2) is 10.9. The van der Waals surface area contributed by atoms with E-state index in [4.69, 9.17) is 0 Å². The van der Waals surface area contributed by atoms with Crippen LogP contribution in [-0.4, -0.2) is 0 Å². The van der Waals surface area contributed by atoms with Crippen LogP contribution in [-0.2, 0) is 0 Å². The van der Waals surface area contributed by atoms with Crippen molar-refractivity contribution in [1.82, 2.24) is 0 Å². The highest BCUT2D eigenvalue weighted by molar-refractivity contribution is 6.30. The van der Waals surface area contributed by atoms with Crippen molar-refractivity contribution in [2.45, 2.75) is 0 Å². The lowest BCUT2D eigenvalue weighted by atomic mass is 9.85. The van der Waals surface area contributed by atoms with E-state index in [1.54, 1.807) is 0 Å². The van der Waals surface area contributed by atoms with E-state index >= 15 is 0 Å². The normalized spacial score (nSPS) is 11.9. The maximum Gasteiger partial charge on any atom is 0.0619 e. The number of fused-ring (bicyclic) bond motifs is 5. The molecule has 0 aliphatic carbocycles. The van der Waals surface area contributed by atoms with Gasteiger partial charge in [0.2, 0.25) is 0 Å². The second-order valence-electron chi connectivity index (χ2n) is 13.6. The highest BCUT2D eigenvalue weighted by Gasteiger charge is 2.25. The molecule has 0 bridgehead atoms. The van der Waals surface area contributed by atoms with Crippen molar-refractivity contribution in [2.75, 3.05) is 4.90 Å². The molecule has 0 aromatic heterocycles. The van der Waals surface area contributed by atoms with Crippen LogP contribution >= 0.6 is 0 Å². The number of hydrogen-bond donors (Lipinski definition) is 0. The van der Waals surface area contributed by atoms with Crippen LogP contribution in [0.4, 0.5) is 17.1 Å². The van der Waals surface area contributed by atoms with Gasteiger partial charge in [-0.3, -0.25) is 0 Å². The minimum atomic E-state index is 1.13. The Bertz CT molecular complexity index is 3070. The third-order valence-electron chi connectivity index (χ3n) is 10.9. The molecule has 1 nitrogen and oxygen atoms in total. The Labute approximate surface area is 295 Å². The average Bonchev–Trinajstić information content (AvgIpc) is 3.20. The van der Waals surface area contributed by atoms with E-state index in [0.29, 0.717) is 0 Å². The Kier molecular flexibility index (Phi) is 6.02. The molecule has 0 unspecified atom stereocenters. The first-order valence-corrected chi connectivity index (χ1v) is 17.7. The zero-order valence-electron chi connectivity index (χ0n) is 27.8. The Morgan fingerprint density at radius 2 is 0.804 bits per heavy atom. The SMILES string of the molecule is c1ccc(N(c2c3ccccc3c(-c3ccc4ccc5cccc6ccc3c4c56)c3ccccc23)c2cc3ccccc3c3ccccc23)cc1. The van der Waals surface area contributed by atoms with Gasteiger partial charge in [0.1, 0.15) is 0 Å². The van der Waals surface area contributed by atoms with Crippen LogP contribution in [0.1, 0.15) is 0 Å². The number of para-hydroxylation sites is 1. The number of anilines is 3. The van der Waals surface area contributed by atoms with Crippen LogP contribution in [0.2, 0.25) is 0 Å². The van der Waals surface area contributed by atoms with E-state index in [-0.39, 0.29) is 0 Å². The highest BCUT2D eigenvalue weighted by atomic mass is 15.1. The molecular weight excluding hydrogens is 615 g/mol. The summed E-state index contributed by atoms with van der Waals surface area (Å²) in [5.41, 5.74) is 6.03. The number of hydrogen-bond acceptors (Lipinski definition) is 1. The van der Waals surface area contributed by atoms with Crippen molar-refractivity contribution in [2.24, 2.45) is 0 Å². The van der Waals surface area contributed by atoms with Crippen molar-refractivity contribution in [3.8, 4) is 11.1 Å². The van der Waals surface area contributed by atoms with E-state index in [0.717, 1.165) is 5.69 Å². The maximum atomic E-state index is 2.51. The predicted molar refractivity (Wildman–Crippen MR) is 220 cm³/mol. The average molecular weight is 646 g/mol. The molecule has 0 saturated carbocycles. The molecule has 11 aromatic carbocycles. The van der Waals surface area contributed by atoms with Crippen molar-refractivity contribution < 1.29 is 0 Å². The summed E-state index contributed by atoms with van der Waals surface area (Å²) in [6.07, 6.45) is 0. The molecule has 236 valence electrons.